The van der Waals surface area contributed by atoms with Crippen molar-refractivity contribution in [3.63, 3.8) is 0 Å². The number of hydrogen-bond acceptors (Lipinski definition) is 6. The number of nitrogens with zero attached hydrogens (tertiary/aromatic N) is 3. The summed E-state index contributed by atoms with van der Waals surface area (Å²) in [6, 6.07) is 0.0136. The van der Waals surface area contributed by atoms with Crippen molar-refractivity contribution in [1.82, 2.24) is 14.7 Å². The van der Waals surface area contributed by atoms with Crippen LogP contribution in [0.2, 0.25) is 0 Å². The summed E-state index contributed by atoms with van der Waals surface area (Å²) in [5, 5.41) is 0. The molecular formula is C13H26N4O3S. The first-order chi connectivity index (χ1) is 9.82. The Kier molecular flexibility index (Phi) is 5.24. The lowest BCUT2D eigenvalue weighted by molar-refractivity contribution is -0.133. The SMILES string of the molecule is CN1CCN(CC(=O)N(C)C2CCS(=O)(=O)C2)C(CN)C1. The minimum Gasteiger partial charge on any atom is -0.341 e. The van der Waals surface area contributed by atoms with Crippen LogP contribution in [-0.4, -0.2) is 99.4 Å². The molecule has 0 saturated carbocycles. The second kappa shape index (κ2) is 6.60. The minimum atomic E-state index is -2.96. The zero-order valence-corrected chi connectivity index (χ0v) is 13.7. The maximum absolute atomic E-state index is 12.4. The number of carbonyl (C=O) groups excluding carboxylic acids is 1. The first kappa shape index (κ1) is 16.7. The molecule has 2 N–H and O–H groups in total. The third-order valence-corrected chi connectivity index (χ3v) is 6.32. The second-order valence-corrected chi connectivity index (χ2v) is 8.41. The predicted octanol–water partition coefficient (Wildman–Crippen LogP) is -1.79. The molecule has 7 nitrogen and oxygen atoms in total. The number of hydrogen-bond donors (Lipinski definition) is 1. The Labute approximate surface area is 127 Å². The molecule has 2 atom stereocenters. The van der Waals surface area contributed by atoms with Crippen LogP contribution in [0.3, 0.4) is 0 Å². The van der Waals surface area contributed by atoms with Gasteiger partial charge in [0, 0.05) is 45.3 Å². The second-order valence-electron chi connectivity index (χ2n) is 6.18. The molecule has 8 heteroatoms. The van der Waals surface area contributed by atoms with Gasteiger partial charge < -0.3 is 15.5 Å². The van der Waals surface area contributed by atoms with Gasteiger partial charge in [0.25, 0.3) is 0 Å². The van der Waals surface area contributed by atoms with E-state index < -0.39 is 9.84 Å². The van der Waals surface area contributed by atoms with Crippen LogP contribution in [0.15, 0.2) is 0 Å². The van der Waals surface area contributed by atoms with Gasteiger partial charge in [-0.05, 0) is 13.5 Å². The lowest BCUT2D eigenvalue weighted by Gasteiger charge is -2.40. The molecule has 0 radical (unpaired) electrons. The lowest BCUT2D eigenvalue weighted by Crippen LogP contribution is -2.57. The molecule has 1 amide bonds. The quantitative estimate of drug-likeness (QED) is 0.659. The largest absolute Gasteiger partial charge is 0.341 e. The Bertz CT molecular complexity index is 482. The van der Waals surface area contributed by atoms with Gasteiger partial charge in [-0.1, -0.05) is 0 Å². The molecule has 2 saturated heterocycles. The molecule has 2 unspecified atom stereocenters. The third kappa shape index (κ3) is 4.15. The summed E-state index contributed by atoms with van der Waals surface area (Å²) >= 11 is 0. The van der Waals surface area contributed by atoms with Crippen molar-refractivity contribution in [3.8, 4) is 0 Å². The molecular weight excluding hydrogens is 292 g/mol. The highest BCUT2D eigenvalue weighted by atomic mass is 32.2. The number of piperazine rings is 1. The van der Waals surface area contributed by atoms with Gasteiger partial charge in [-0.15, -0.1) is 0 Å². The highest BCUT2D eigenvalue weighted by molar-refractivity contribution is 7.91. The molecule has 2 aliphatic heterocycles. The molecule has 0 aromatic carbocycles. The topological polar surface area (TPSA) is 87.0 Å². The van der Waals surface area contributed by atoms with Crippen molar-refractivity contribution >= 4 is 15.7 Å². The van der Waals surface area contributed by atoms with E-state index in [2.05, 4.69) is 16.8 Å². The van der Waals surface area contributed by atoms with Crippen LogP contribution in [0.4, 0.5) is 0 Å². The van der Waals surface area contributed by atoms with E-state index >= 15 is 0 Å². The van der Waals surface area contributed by atoms with Crippen LogP contribution in [0.5, 0.6) is 0 Å². The van der Waals surface area contributed by atoms with E-state index in [0.717, 1.165) is 19.6 Å². The van der Waals surface area contributed by atoms with Gasteiger partial charge in [0.2, 0.25) is 5.91 Å². The van der Waals surface area contributed by atoms with E-state index in [-0.39, 0.29) is 29.5 Å². The average Bonchev–Trinajstić information content (AvgIpc) is 2.80. The Hall–Kier alpha value is -0.700. The Balaban J connectivity index is 1.91. The monoisotopic (exact) mass is 318 g/mol. The van der Waals surface area contributed by atoms with E-state index in [1.54, 1.807) is 11.9 Å². The van der Waals surface area contributed by atoms with Gasteiger partial charge in [-0.25, -0.2) is 8.42 Å². The number of likely N-dealkylation sites (N-methyl/N-ethyl adjacent to an activating group) is 2. The summed E-state index contributed by atoms with van der Waals surface area (Å²) in [4.78, 5) is 18.3. The number of nitrogens with two attached hydrogens (primary N) is 1. The van der Waals surface area contributed by atoms with Crippen molar-refractivity contribution in [3.05, 3.63) is 0 Å². The number of amides is 1. The molecule has 21 heavy (non-hydrogen) atoms. The van der Waals surface area contributed by atoms with Crippen LogP contribution < -0.4 is 5.73 Å². The molecule has 0 spiro atoms. The summed E-state index contributed by atoms with van der Waals surface area (Å²) in [6.45, 7) is 3.46. The zero-order chi connectivity index (χ0) is 15.6. The first-order valence-electron chi connectivity index (χ1n) is 7.41. The molecule has 0 aliphatic carbocycles. The molecule has 2 aliphatic rings. The van der Waals surface area contributed by atoms with Gasteiger partial charge in [0.15, 0.2) is 9.84 Å². The van der Waals surface area contributed by atoms with Crippen LogP contribution >= 0.6 is 0 Å². The molecule has 0 aromatic heterocycles. The minimum absolute atomic E-state index is 0.0138. The average molecular weight is 318 g/mol. The maximum Gasteiger partial charge on any atom is 0.236 e. The standard InChI is InChI=1S/C13H26N4O3S/c1-15-4-5-17(12(7-14)8-15)9-13(18)16(2)11-3-6-21(19,20)10-11/h11-12H,3-10,14H2,1-2H3. The molecule has 122 valence electrons. The number of carbonyl (C=O) groups is 1. The van der Waals surface area contributed by atoms with Crippen molar-refractivity contribution in [2.24, 2.45) is 5.73 Å². The molecule has 0 aromatic rings. The van der Waals surface area contributed by atoms with E-state index in [1.807, 2.05) is 0 Å². The Morgan fingerprint density at radius 3 is 2.67 bits per heavy atom. The summed E-state index contributed by atoms with van der Waals surface area (Å²) in [5.41, 5.74) is 5.79. The highest BCUT2D eigenvalue weighted by Crippen LogP contribution is 2.17. The van der Waals surface area contributed by atoms with Crippen LogP contribution in [0.25, 0.3) is 0 Å². The summed E-state index contributed by atoms with van der Waals surface area (Å²) in [6.07, 6.45) is 0.549. The Morgan fingerprint density at radius 1 is 1.38 bits per heavy atom. The molecule has 2 fully saturated rings. The van der Waals surface area contributed by atoms with Crippen molar-refractivity contribution in [2.45, 2.75) is 18.5 Å². The van der Waals surface area contributed by atoms with E-state index in [0.29, 0.717) is 19.5 Å². The van der Waals surface area contributed by atoms with Gasteiger partial charge in [0.05, 0.1) is 18.1 Å². The third-order valence-electron chi connectivity index (χ3n) is 4.57. The van der Waals surface area contributed by atoms with Gasteiger partial charge in [-0.2, -0.15) is 0 Å². The van der Waals surface area contributed by atoms with Crippen molar-refractivity contribution < 1.29 is 13.2 Å². The smallest absolute Gasteiger partial charge is 0.236 e. The lowest BCUT2D eigenvalue weighted by atomic mass is 10.1. The van der Waals surface area contributed by atoms with Gasteiger partial charge in [0.1, 0.15) is 0 Å². The fraction of sp³-hybridized carbons (Fsp3) is 0.923. The molecule has 2 heterocycles. The maximum atomic E-state index is 12.4. The first-order valence-corrected chi connectivity index (χ1v) is 9.23. The summed E-state index contributed by atoms with van der Waals surface area (Å²) in [5.74, 6) is 0.271. The zero-order valence-electron chi connectivity index (χ0n) is 12.9. The summed E-state index contributed by atoms with van der Waals surface area (Å²) in [7, 11) is 0.799. The van der Waals surface area contributed by atoms with Crippen LogP contribution in [-0.2, 0) is 14.6 Å². The van der Waals surface area contributed by atoms with Crippen LogP contribution in [0.1, 0.15) is 6.42 Å². The van der Waals surface area contributed by atoms with Crippen LogP contribution in [0, 0.1) is 0 Å². The van der Waals surface area contributed by atoms with E-state index in [4.69, 9.17) is 5.73 Å². The van der Waals surface area contributed by atoms with E-state index in [1.165, 1.54) is 0 Å². The fourth-order valence-corrected chi connectivity index (χ4v) is 4.82. The van der Waals surface area contributed by atoms with Gasteiger partial charge in [-0.3, -0.25) is 9.69 Å². The molecule has 2 rings (SSSR count). The van der Waals surface area contributed by atoms with Crippen molar-refractivity contribution in [1.29, 1.82) is 0 Å². The molecule has 0 bridgehead atoms. The summed E-state index contributed by atoms with van der Waals surface area (Å²) < 4.78 is 23.0. The predicted molar refractivity (Wildman–Crippen MR) is 81.7 cm³/mol. The van der Waals surface area contributed by atoms with E-state index in [9.17, 15) is 13.2 Å². The Morgan fingerprint density at radius 2 is 2.10 bits per heavy atom. The fourth-order valence-electron chi connectivity index (χ4n) is 3.05. The van der Waals surface area contributed by atoms with Crippen molar-refractivity contribution in [2.75, 3.05) is 58.3 Å². The normalized spacial score (nSPS) is 30.4. The number of rotatable bonds is 4. The number of sulfone groups is 1. The highest BCUT2D eigenvalue weighted by Gasteiger charge is 2.34. The van der Waals surface area contributed by atoms with Gasteiger partial charge >= 0.3 is 0 Å².